The smallest absolute Gasteiger partial charge is 0.416 e. The van der Waals surface area contributed by atoms with E-state index >= 15 is 0 Å². The molecule has 0 aliphatic rings. The van der Waals surface area contributed by atoms with Crippen molar-refractivity contribution in [2.75, 3.05) is 26.2 Å². The molecule has 12 heteroatoms. The van der Waals surface area contributed by atoms with Crippen LogP contribution in [0, 0.1) is 6.92 Å². The Morgan fingerprint density at radius 2 is 1.40 bits per heavy atom. The number of carbonyl (C=O) groups is 1. The zero-order valence-corrected chi connectivity index (χ0v) is 25.9. The van der Waals surface area contributed by atoms with Crippen LogP contribution in [0.2, 0.25) is 5.02 Å². The first-order valence-electron chi connectivity index (χ1n) is 13.5. The highest BCUT2D eigenvalue weighted by Crippen LogP contribution is 2.35. The van der Waals surface area contributed by atoms with E-state index in [1.165, 1.54) is 6.92 Å². The van der Waals surface area contributed by atoms with E-state index < -0.39 is 28.8 Å². The summed E-state index contributed by atoms with van der Waals surface area (Å²) in [6.45, 7) is 5.85. The van der Waals surface area contributed by atoms with Gasteiger partial charge in [0.05, 0.1) is 37.6 Å². The molecule has 0 aliphatic carbocycles. The molecule has 4 aromatic rings. The molecule has 0 saturated heterocycles. The van der Waals surface area contributed by atoms with Gasteiger partial charge < -0.3 is 19.1 Å². The SMILES string of the molecule is C.CC.COC(=O)c1c(N(Cc2ccc(OC)cc2)Cc2ccc(OC)cc2)ncn(-c2c(C)cc(C(F)(F)F)cc2Cl)c1=O. The van der Waals surface area contributed by atoms with E-state index in [4.69, 9.17) is 25.8 Å². The average Bonchev–Trinajstić information content (AvgIpc) is 3.01. The van der Waals surface area contributed by atoms with Crippen LogP contribution in [0.4, 0.5) is 19.0 Å². The van der Waals surface area contributed by atoms with Crippen LogP contribution in [0.25, 0.3) is 5.69 Å². The van der Waals surface area contributed by atoms with Crippen LogP contribution < -0.4 is 19.9 Å². The van der Waals surface area contributed by atoms with Gasteiger partial charge in [0.2, 0.25) is 0 Å². The standard InChI is InChI=1S/C30H27ClF3N3O5.C2H6.CH4/c1-18-13-21(30(32,33)34)14-24(31)26(18)37-17-35-27(25(28(37)38)29(39)42-4)36(15-19-5-9-22(40-2)10-6-19)16-20-7-11-23(41-3)12-8-20;1-2;/h5-14,17H,15-16H2,1-4H3;1-2H3;1H4. The third-order valence-corrected chi connectivity index (χ3v) is 6.82. The molecule has 4 rings (SSSR count). The molecule has 0 aliphatic heterocycles. The summed E-state index contributed by atoms with van der Waals surface area (Å²) in [7, 11) is 4.23. The Morgan fingerprint density at radius 3 is 1.80 bits per heavy atom. The fourth-order valence-corrected chi connectivity index (χ4v) is 4.80. The number of anilines is 1. The van der Waals surface area contributed by atoms with Gasteiger partial charge in [0, 0.05) is 13.1 Å². The van der Waals surface area contributed by atoms with Gasteiger partial charge in [0.15, 0.2) is 11.4 Å². The summed E-state index contributed by atoms with van der Waals surface area (Å²) >= 11 is 6.24. The van der Waals surface area contributed by atoms with Gasteiger partial charge >= 0.3 is 12.1 Å². The van der Waals surface area contributed by atoms with Crippen molar-refractivity contribution in [3.05, 3.63) is 110 Å². The summed E-state index contributed by atoms with van der Waals surface area (Å²) in [4.78, 5) is 33.1. The van der Waals surface area contributed by atoms with E-state index in [1.54, 1.807) is 43.4 Å². The third kappa shape index (κ3) is 8.57. The van der Waals surface area contributed by atoms with Crippen molar-refractivity contribution in [1.29, 1.82) is 0 Å². The van der Waals surface area contributed by atoms with Crippen molar-refractivity contribution < 1.29 is 32.2 Å². The number of ether oxygens (including phenoxy) is 3. The molecule has 0 spiro atoms. The van der Waals surface area contributed by atoms with Crippen LogP contribution in [0.1, 0.15) is 53.9 Å². The minimum Gasteiger partial charge on any atom is -0.497 e. The number of rotatable bonds is 9. The summed E-state index contributed by atoms with van der Waals surface area (Å²) < 4.78 is 56.4. The second-order valence-corrected chi connectivity index (χ2v) is 9.69. The number of nitrogens with zero attached hydrogens (tertiary/aromatic N) is 3. The van der Waals surface area contributed by atoms with Gasteiger partial charge in [-0.2, -0.15) is 13.2 Å². The van der Waals surface area contributed by atoms with Crippen LogP contribution in [0.3, 0.4) is 0 Å². The Hall–Kier alpha value is -4.51. The summed E-state index contributed by atoms with van der Waals surface area (Å²) in [5.41, 5.74) is -0.542. The maximum atomic E-state index is 13.8. The lowest BCUT2D eigenvalue weighted by Crippen LogP contribution is -2.33. The predicted octanol–water partition coefficient (Wildman–Crippen LogP) is 7.89. The largest absolute Gasteiger partial charge is 0.497 e. The Morgan fingerprint density at radius 1 is 0.911 bits per heavy atom. The highest BCUT2D eigenvalue weighted by Gasteiger charge is 2.32. The van der Waals surface area contributed by atoms with E-state index in [9.17, 15) is 22.8 Å². The van der Waals surface area contributed by atoms with E-state index in [1.807, 2.05) is 38.1 Å². The van der Waals surface area contributed by atoms with E-state index in [-0.39, 0.29) is 42.6 Å². The number of hydrogen-bond donors (Lipinski definition) is 0. The highest BCUT2D eigenvalue weighted by molar-refractivity contribution is 6.32. The minimum absolute atomic E-state index is 0. The van der Waals surface area contributed by atoms with Gasteiger partial charge in [-0.3, -0.25) is 9.36 Å². The Bertz CT molecular complexity index is 1570. The lowest BCUT2D eigenvalue weighted by atomic mass is 10.1. The molecule has 0 radical (unpaired) electrons. The van der Waals surface area contributed by atoms with Crippen LogP contribution in [0.15, 0.2) is 71.8 Å². The zero-order chi connectivity index (χ0) is 32.6. The molecular weight excluding hydrogens is 611 g/mol. The van der Waals surface area contributed by atoms with Gasteiger partial charge in [-0.05, 0) is 60.0 Å². The van der Waals surface area contributed by atoms with Crippen molar-refractivity contribution in [3.63, 3.8) is 0 Å². The number of methoxy groups -OCH3 is 3. The second kappa shape index (κ2) is 16.0. The summed E-state index contributed by atoms with van der Waals surface area (Å²) in [6, 6.07) is 16.1. The molecule has 1 aromatic heterocycles. The van der Waals surface area contributed by atoms with Crippen molar-refractivity contribution in [2.45, 2.75) is 47.5 Å². The number of aryl methyl sites for hydroxylation is 1. The number of hydrogen-bond acceptors (Lipinski definition) is 7. The number of halogens is 4. The molecule has 45 heavy (non-hydrogen) atoms. The Labute approximate surface area is 266 Å². The molecule has 242 valence electrons. The molecule has 0 atom stereocenters. The Kier molecular flexibility index (Phi) is 13.0. The minimum atomic E-state index is -4.64. The molecule has 0 N–H and O–H groups in total. The second-order valence-electron chi connectivity index (χ2n) is 9.28. The molecule has 0 bridgehead atoms. The van der Waals surface area contributed by atoms with Crippen LogP contribution in [-0.2, 0) is 24.0 Å². The first-order valence-corrected chi connectivity index (χ1v) is 13.9. The van der Waals surface area contributed by atoms with Crippen molar-refractivity contribution in [3.8, 4) is 17.2 Å². The first kappa shape index (κ1) is 36.7. The third-order valence-electron chi connectivity index (χ3n) is 6.53. The van der Waals surface area contributed by atoms with Gasteiger partial charge in [-0.15, -0.1) is 0 Å². The van der Waals surface area contributed by atoms with E-state index in [2.05, 4.69) is 4.98 Å². The molecule has 0 unspecified atom stereocenters. The van der Waals surface area contributed by atoms with Gasteiger partial charge in [-0.1, -0.05) is 57.1 Å². The molecular formula is C33H37ClF3N3O5. The maximum absolute atomic E-state index is 13.8. The van der Waals surface area contributed by atoms with Gasteiger partial charge in [0.25, 0.3) is 5.56 Å². The average molecular weight is 648 g/mol. The molecule has 3 aromatic carbocycles. The van der Waals surface area contributed by atoms with Crippen LogP contribution in [-0.4, -0.2) is 36.8 Å². The van der Waals surface area contributed by atoms with Crippen molar-refractivity contribution in [2.24, 2.45) is 0 Å². The maximum Gasteiger partial charge on any atom is 0.416 e. The fourth-order valence-electron chi connectivity index (χ4n) is 4.44. The lowest BCUT2D eigenvalue weighted by molar-refractivity contribution is -0.137. The number of aromatic nitrogens is 2. The highest BCUT2D eigenvalue weighted by atomic mass is 35.5. The van der Waals surface area contributed by atoms with Gasteiger partial charge in [-0.25, -0.2) is 9.78 Å². The molecule has 0 saturated carbocycles. The molecule has 1 heterocycles. The molecule has 0 amide bonds. The summed E-state index contributed by atoms with van der Waals surface area (Å²) in [5.74, 6) is 0.364. The number of alkyl halides is 3. The van der Waals surface area contributed by atoms with Crippen molar-refractivity contribution >= 4 is 23.4 Å². The van der Waals surface area contributed by atoms with Crippen LogP contribution >= 0.6 is 11.6 Å². The number of esters is 1. The normalized spacial score (nSPS) is 10.6. The zero-order valence-electron chi connectivity index (χ0n) is 25.2. The first-order chi connectivity index (χ1) is 21.0. The van der Waals surface area contributed by atoms with E-state index in [0.29, 0.717) is 11.5 Å². The predicted molar refractivity (Wildman–Crippen MR) is 170 cm³/mol. The molecule has 8 nitrogen and oxygen atoms in total. The Balaban J connectivity index is 0.00000230. The summed E-state index contributed by atoms with van der Waals surface area (Å²) in [5, 5.41) is -0.330. The lowest BCUT2D eigenvalue weighted by Gasteiger charge is -2.26. The number of benzene rings is 3. The van der Waals surface area contributed by atoms with Crippen LogP contribution in [0.5, 0.6) is 11.5 Å². The topological polar surface area (TPSA) is 82.9 Å². The van der Waals surface area contributed by atoms with Crippen molar-refractivity contribution in [1.82, 2.24) is 9.55 Å². The van der Waals surface area contributed by atoms with E-state index in [0.717, 1.165) is 41.3 Å². The molecule has 0 fully saturated rings. The number of carbonyl (C=O) groups excluding carboxylic acids is 1. The van der Waals surface area contributed by atoms with Gasteiger partial charge in [0.1, 0.15) is 17.8 Å². The monoisotopic (exact) mass is 647 g/mol. The fraction of sp³-hybridized carbons (Fsp3) is 0.303. The quantitative estimate of drug-likeness (QED) is 0.171. The summed E-state index contributed by atoms with van der Waals surface area (Å²) in [6.07, 6.45) is -3.50.